The smallest absolute Gasteiger partial charge is 0.386 e. The van der Waals surface area contributed by atoms with Crippen molar-refractivity contribution >= 4 is 70.7 Å². The number of rotatable bonds is 20. The van der Waals surface area contributed by atoms with Crippen molar-refractivity contribution in [2.45, 2.75) is 89.8 Å². The van der Waals surface area contributed by atoms with Crippen LogP contribution in [0.25, 0.3) is 11.2 Å². The van der Waals surface area contributed by atoms with Crippen LogP contribution >= 0.6 is 34.7 Å². The topological polar surface area (TPSA) is 347 Å². The van der Waals surface area contributed by atoms with Gasteiger partial charge in [-0.05, 0) is 5.04 Å². The third kappa shape index (κ3) is 13.6. The van der Waals surface area contributed by atoms with E-state index < -0.39 is 85.9 Å². The fourth-order valence-electron chi connectivity index (χ4n) is 4.65. The average molecular weight is 882 g/mol. The Morgan fingerprint density at radius 1 is 1.04 bits per heavy atom. The highest BCUT2D eigenvalue weighted by molar-refractivity contribution is 8.29. The van der Waals surface area contributed by atoms with E-state index in [1.54, 1.807) is 0 Å². The summed E-state index contributed by atoms with van der Waals surface area (Å²) < 4.78 is 62.2. The van der Waals surface area contributed by atoms with Gasteiger partial charge in [0.25, 0.3) is 0 Å². The zero-order valence-corrected chi connectivity index (χ0v) is 35.7. The van der Waals surface area contributed by atoms with Crippen molar-refractivity contribution in [3.63, 3.8) is 0 Å². The molecule has 0 aliphatic carbocycles. The van der Waals surface area contributed by atoms with Gasteiger partial charge in [-0.25, -0.2) is 28.6 Å². The number of imidazole rings is 1. The number of amides is 2. The van der Waals surface area contributed by atoms with Crippen LogP contribution in [0.5, 0.6) is 0 Å². The largest absolute Gasteiger partial charge is 0.481 e. The number of ether oxygens (including phenoxy) is 1. The highest BCUT2D eigenvalue weighted by Gasteiger charge is 2.50. The van der Waals surface area contributed by atoms with E-state index in [9.17, 15) is 53.1 Å². The molecule has 0 aromatic carbocycles. The van der Waals surface area contributed by atoms with E-state index >= 15 is 0 Å². The zero-order valence-electron chi connectivity index (χ0n) is 31.2. The van der Waals surface area contributed by atoms with Crippen LogP contribution in [-0.2, 0) is 45.9 Å². The number of phosphoric acid groups is 3. The number of anilines is 1. The minimum absolute atomic E-state index is 0.0342. The number of aliphatic hydroxyl groups is 2. The number of nitrogens with two attached hydrogens (primary N) is 1. The standard InChI is InChI=1S/C27H50N7O16P3SSi/c1-26(2,3)55(6,7)54-11-10-29-17(35)8-9-30-24(38)21(37)27(4,5)13-47-53(44,45)50-52(42,43)46-12-16-20(49-51(39,40)41)19(36)25(48-16)34-15-33-18-22(28)31-14-32-23(18)34/h14-16,19-21,25,36-37H,8-13H2,1-7H3,(H,29,35)(H,30,38)(H,42,43)(H,44,45)(H2,28,31,32)(H2,39,40,41)/t16-,19-,20-,21+,25-/m1/s1. The van der Waals surface area contributed by atoms with Crippen LogP contribution in [-0.4, -0.2) is 125 Å². The predicted octanol–water partition coefficient (Wildman–Crippen LogP) is 1.14. The van der Waals surface area contributed by atoms with E-state index in [4.69, 9.17) is 19.5 Å². The first-order chi connectivity index (χ1) is 25.1. The number of carbonyl (C=O) groups excluding carboxylic acids is 2. The molecule has 1 fully saturated rings. The second kappa shape index (κ2) is 18.4. The normalized spacial score (nSPS) is 22.6. The van der Waals surface area contributed by atoms with Gasteiger partial charge < -0.3 is 50.9 Å². The molecule has 10 N–H and O–H groups in total. The van der Waals surface area contributed by atoms with Crippen molar-refractivity contribution in [2.24, 2.45) is 5.41 Å². The lowest BCUT2D eigenvalue weighted by molar-refractivity contribution is -0.137. The number of phosphoric ester groups is 3. The van der Waals surface area contributed by atoms with Crippen LogP contribution in [0.1, 0.15) is 47.3 Å². The number of hydrogen-bond acceptors (Lipinski definition) is 17. The molecule has 0 bridgehead atoms. The molecule has 314 valence electrons. The molecule has 0 spiro atoms. The first-order valence-corrected chi connectivity index (χ1v) is 25.8. The van der Waals surface area contributed by atoms with Gasteiger partial charge in [0.15, 0.2) is 17.7 Å². The molecule has 7 atom stereocenters. The van der Waals surface area contributed by atoms with Crippen LogP contribution in [0.2, 0.25) is 18.1 Å². The summed E-state index contributed by atoms with van der Waals surface area (Å²) in [6, 6.07) is 0. The van der Waals surface area contributed by atoms with Gasteiger partial charge in [0.1, 0.15) is 43.5 Å². The van der Waals surface area contributed by atoms with Gasteiger partial charge in [0.2, 0.25) is 11.8 Å². The molecular formula is C27H50N7O16P3SSi. The molecule has 0 saturated carbocycles. The Hall–Kier alpha value is -1.89. The van der Waals surface area contributed by atoms with Crippen molar-refractivity contribution in [2.75, 3.05) is 37.8 Å². The number of nitrogens with one attached hydrogen (secondary N) is 2. The summed E-state index contributed by atoms with van der Waals surface area (Å²) in [5, 5.41) is 26.8. The second-order valence-corrected chi connectivity index (χ2v) is 28.1. The molecular weight excluding hydrogens is 831 g/mol. The maximum absolute atomic E-state index is 12.7. The molecule has 1 aliphatic rings. The quantitative estimate of drug-likeness (QED) is 0.0511. The van der Waals surface area contributed by atoms with E-state index in [2.05, 4.69) is 68.3 Å². The van der Waals surface area contributed by atoms with Gasteiger partial charge in [0.05, 0.1) is 19.5 Å². The van der Waals surface area contributed by atoms with Crippen molar-refractivity contribution < 1.29 is 75.7 Å². The van der Waals surface area contributed by atoms with Gasteiger partial charge in [-0.1, -0.05) is 47.7 Å². The van der Waals surface area contributed by atoms with Crippen LogP contribution in [0, 0.1) is 5.41 Å². The molecule has 1 saturated heterocycles. The molecule has 3 rings (SSSR count). The monoisotopic (exact) mass is 881 g/mol. The maximum atomic E-state index is 12.7. The average Bonchev–Trinajstić information content (AvgIpc) is 3.60. The molecule has 2 amide bonds. The Kier molecular flexibility index (Phi) is 15.8. The fourth-order valence-corrected chi connectivity index (χ4v) is 11.8. The van der Waals surface area contributed by atoms with E-state index in [1.807, 2.05) is 11.2 Å². The first kappa shape index (κ1) is 47.5. The summed E-state index contributed by atoms with van der Waals surface area (Å²) in [6.07, 6.45) is -6.71. The summed E-state index contributed by atoms with van der Waals surface area (Å²) >= 11 is 1.86. The van der Waals surface area contributed by atoms with E-state index in [0.717, 1.165) is 23.0 Å². The summed E-state index contributed by atoms with van der Waals surface area (Å²) in [6.45, 7) is 12.0. The van der Waals surface area contributed by atoms with Crippen LogP contribution in [0.4, 0.5) is 5.82 Å². The fraction of sp³-hybridized carbons (Fsp3) is 0.741. The highest BCUT2D eigenvalue weighted by atomic mass is 32.4. The van der Waals surface area contributed by atoms with E-state index in [-0.39, 0.29) is 40.9 Å². The lowest BCUT2D eigenvalue weighted by Crippen LogP contribution is -2.46. The SMILES string of the molecule is CC(C)(COP(=O)(O)OP(=O)(O)OC[C@H]1O[C@@H](n2cnc3c(N)ncnc32)[C@H](O)[C@@H]1OP(=O)(O)O)[C@@H](O)C(=O)NCCC(=O)NCCS[Si](C)(C)C(C)(C)C. The Bertz CT molecular complexity index is 1810. The lowest BCUT2D eigenvalue weighted by atomic mass is 9.87. The second-order valence-electron chi connectivity index (χ2n) is 14.7. The molecule has 28 heteroatoms. The number of hydrogen-bond donors (Lipinski definition) is 9. The third-order valence-electron chi connectivity index (χ3n) is 8.77. The molecule has 2 aromatic rings. The summed E-state index contributed by atoms with van der Waals surface area (Å²) in [7, 11) is -17.9. The van der Waals surface area contributed by atoms with Crippen molar-refractivity contribution in [1.29, 1.82) is 0 Å². The summed E-state index contributed by atoms with van der Waals surface area (Å²) in [4.78, 5) is 75.8. The van der Waals surface area contributed by atoms with Crippen molar-refractivity contribution in [1.82, 2.24) is 30.2 Å². The number of aromatic nitrogens is 4. The van der Waals surface area contributed by atoms with Crippen LogP contribution in [0.3, 0.4) is 0 Å². The summed E-state index contributed by atoms with van der Waals surface area (Å²) in [5.74, 6) is -0.532. The maximum Gasteiger partial charge on any atom is 0.481 e. The molecule has 0 radical (unpaired) electrons. The minimum Gasteiger partial charge on any atom is -0.386 e. The number of aliphatic hydroxyl groups excluding tert-OH is 2. The Labute approximate surface area is 321 Å². The zero-order chi connectivity index (χ0) is 41.8. The van der Waals surface area contributed by atoms with Crippen molar-refractivity contribution in [3.8, 4) is 0 Å². The first-order valence-electron chi connectivity index (χ1n) is 16.6. The van der Waals surface area contributed by atoms with Gasteiger partial charge >= 0.3 is 23.5 Å². The Balaban J connectivity index is 1.51. The van der Waals surface area contributed by atoms with Gasteiger partial charge in [-0.3, -0.25) is 27.7 Å². The lowest BCUT2D eigenvalue weighted by Gasteiger charge is -2.36. The van der Waals surface area contributed by atoms with E-state index in [1.165, 1.54) is 13.8 Å². The third-order valence-corrected chi connectivity index (χ3v) is 21.2. The highest BCUT2D eigenvalue weighted by Crippen LogP contribution is 2.61. The van der Waals surface area contributed by atoms with Crippen LogP contribution < -0.4 is 16.4 Å². The molecule has 3 heterocycles. The van der Waals surface area contributed by atoms with Gasteiger partial charge in [0, 0.05) is 30.7 Å². The van der Waals surface area contributed by atoms with E-state index in [0.29, 0.717) is 6.54 Å². The number of nitrogens with zero attached hydrogens (tertiary/aromatic N) is 4. The number of nitrogen functional groups attached to an aromatic ring is 1. The van der Waals surface area contributed by atoms with Gasteiger partial charge in [-0.2, -0.15) is 15.5 Å². The predicted molar refractivity (Wildman–Crippen MR) is 199 cm³/mol. The molecule has 55 heavy (non-hydrogen) atoms. The molecule has 23 nitrogen and oxygen atoms in total. The Morgan fingerprint density at radius 2 is 1.67 bits per heavy atom. The van der Waals surface area contributed by atoms with Crippen molar-refractivity contribution in [3.05, 3.63) is 12.7 Å². The molecule has 2 aromatic heterocycles. The van der Waals surface area contributed by atoms with Gasteiger partial charge in [-0.15, -0.1) is 0 Å². The molecule has 1 aliphatic heterocycles. The number of fused-ring (bicyclic) bond motifs is 1. The molecule has 2 unspecified atom stereocenters. The van der Waals surface area contributed by atoms with Crippen LogP contribution in [0.15, 0.2) is 12.7 Å². The Morgan fingerprint density at radius 3 is 2.29 bits per heavy atom. The summed E-state index contributed by atoms with van der Waals surface area (Å²) in [5.41, 5.74) is 4.32. The minimum atomic E-state index is -5.55. The number of carbonyl (C=O) groups is 2.